The molecule has 0 aliphatic heterocycles. The molecule has 0 unspecified atom stereocenters. The molecular formula is C14H12Cl2N2O4S. The highest BCUT2D eigenvalue weighted by Gasteiger charge is 2.17. The summed E-state index contributed by atoms with van der Waals surface area (Å²) < 4.78 is 29.1. The van der Waals surface area contributed by atoms with Gasteiger partial charge in [-0.3, -0.25) is 10.2 Å². The maximum absolute atomic E-state index is 12.1. The van der Waals surface area contributed by atoms with Crippen LogP contribution in [0.25, 0.3) is 0 Å². The average Bonchev–Trinajstić information content (AvgIpc) is 2.55. The second-order valence-corrected chi connectivity index (χ2v) is 6.86. The third kappa shape index (κ3) is 4.35. The minimum Gasteiger partial charge on any atom is -0.497 e. The van der Waals surface area contributed by atoms with Crippen LogP contribution in [0.1, 0.15) is 10.4 Å². The van der Waals surface area contributed by atoms with Crippen LogP contribution in [0.5, 0.6) is 5.75 Å². The highest BCUT2D eigenvalue weighted by atomic mass is 35.5. The van der Waals surface area contributed by atoms with E-state index in [1.165, 1.54) is 37.4 Å². The van der Waals surface area contributed by atoms with Gasteiger partial charge in [-0.15, -0.1) is 4.83 Å². The molecule has 2 rings (SSSR count). The Morgan fingerprint density at radius 3 is 2.26 bits per heavy atom. The van der Waals surface area contributed by atoms with Crippen molar-refractivity contribution in [3.8, 4) is 5.75 Å². The molecule has 0 atom stereocenters. The Bertz CT molecular complexity index is 823. The molecule has 2 N–H and O–H groups in total. The number of methoxy groups -OCH3 is 1. The van der Waals surface area contributed by atoms with Crippen molar-refractivity contribution >= 4 is 39.1 Å². The fraction of sp³-hybridized carbons (Fsp3) is 0.0714. The van der Waals surface area contributed by atoms with E-state index < -0.39 is 15.9 Å². The predicted octanol–water partition coefficient (Wildman–Crippen LogP) is 2.63. The molecule has 2 aromatic rings. The number of ether oxygens (including phenoxy) is 1. The van der Waals surface area contributed by atoms with Gasteiger partial charge in [0.05, 0.1) is 22.1 Å². The van der Waals surface area contributed by atoms with Gasteiger partial charge < -0.3 is 4.74 Å². The van der Waals surface area contributed by atoms with Crippen LogP contribution in [0, 0.1) is 0 Å². The van der Waals surface area contributed by atoms with Crippen LogP contribution in [0.3, 0.4) is 0 Å². The Balaban J connectivity index is 2.08. The molecule has 122 valence electrons. The van der Waals surface area contributed by atoms with Crippen molar-refractivity contribution in [3.63, 3.8) is 0 Å². The van der Waals surface area contributed by atoms with Crippen molar-refractivity contribution in [3.05, 3.63) is 58.1 Å². The van der Waals surface area contributed by atoms with Gasteiger partial charge in [-0.2, -0.15) is 0 Å². The lowest BCUT2D eigenvalue weighted by Gasteiger charge is -2.09. The topological polar surface area (TPSA) is 84.5 Å². The molecule has 23 heavy (non-hydrogen) atoms. The first-order valence-electron chi connectivity index (χ1n) is 6.25. The minimum atomic E-state index is -3.97. The van der Waals surface area contributed by atoms with Gasteiger partial charge in [-0.1, -0.05) is 23.2 Å². The molecule has 0 heterocycles. The summed E-state index contributed by atoms with van der Waals surface area (Å²) >= 11 is 11.5. The standard InChI is InChI=1S/C14H12Cl2N2O4S/c1-22-10-4-2-9(3-5-10)14(19)17-18-23(20,21)11-6-7-12(15)13(16)8-11/h2-8,18H,1H3,(H,17,19). The van der Waals surface area contributed by atoms with Crippen molar-refractivity contribution in [2.24, 2.45) is 0 Å². The van der Waals surface area contributed by atoms with Crippen LogP contribution in [-0.4, -0.2) is 21.4 Å². The summed E-state index contributed by atoms with van der Waals surface area (Å²) in [6.45, 7) is 0. The summed E-state index contributed by atoms with van der Waals surface area (Å²) in [6.07, 6.45) is 0. The van der Waals surface area contributed by atoms with E-state index in [4.69, 9.17) is 27.9 Å². The number of hydrogen-bond donors (Lipinski definition) is 2. The van der Waals surface area contributed by atoms with Gasteiger partial charge in [0.25, 0.3) is 15.9 Å². The number of nitrogens with one attached hydrogen (secondary N) is 2. The predicted molar refractivity (Wildman–Crippen MR) is 87.2 cm³/mol. The van der Waals surface area contributed by atoms with E-state index in [0.29, 0.717) is 5.75 Å². The molecule has 0 spiro atoms. The smallest absolute Gasteiger partial charge is 0.266 e. The Morgan fingerprint density at radius 1 is 1.04 bits per heavy atom. The third-order valence-corrected chi connectivity index (χ3v) is 4.84. The van der Waals surface area contributed by atoms with Gasteiger partial charge in [0.15, 0.2) is 0 Å². The SMILES string of the molecule is COc1ccc(C(=O)NNS(=O)(=O)c2ccc(Cl)c(Cl)c2)cc1. The number of benzene rings is 2. The molecule has 0 fully saturated rings. The van der Waals surface area contributed by atoms with Crippen LogP contribution in [0.2, 0.25) is 10.0 Å². The molecule has 2 aromatic carbocycles. The van der Waals surface area contributed by atoms with Crippen LogP contribution >= 0.6 is 23.2 Å². The lowest BCUT2D eigenvalue weighted by molar-refractivity contribution is 0.0945. The fourth-order valence-electron chi connectivity index (χ4n) is 1.63. The number of carbonyl (C=O) groups excluding carboxylic acids is 1. The molecule has 0 aromatic heterocycles. The van der Waals surface area contributed by atoms with E-state index in [0.717, 1.165) is 0 Å². The fourth-order valence-corrected chi connectivity index (χ4v) is 2.86. The van der Waals surface area contributed by atoms with Crippen molar-refractivity contribution < 1.29 is 17.9 Å². The molecule has 9 heteroatoms. The zero-order valence-corrected chi connectivity index (χ0v) is 14.2. The molecule has 0 saturated carbocycles. The van der Waals surface area contributed by atoms with Gasteiger partial charge in [-0.25, -0.2) is 8.42 Å². The molecular weight excluding hydrogens is 363 g/mol. The number of halogens is 2. The first-order chi connectivity index (χ1) is 10.8. The normalized spacial score (nSPS) is 11.1. The minimum absolute atomic E-state index is 0.0935. The Labute approximate surface area is 143 Å². The van der Waals surface area contributed by atoms with E-state index >= 15 is 0 Å². The summed E-state index contributed by atoms with van der Waals surface area (Å²) in [4.78, 5) is 13.8. The number of amides is 1. The molecule has 0 aliphatic carbocycles. The molecule has 0 radical (unpaired) electrons. The Kier molecular flexibility index (Phi) is 5.48. The van der Waals surface area contributed by atoms with E-state index in [2.05, 4.69) is 5.43 Å². The number of sulfonamides is 1. The van der Waals surface area contributed by atoms with Gasteiger partial charge in [0.1, 0.15) is 5.75 Å². The van der Waals surface area contributed by atoms with Gasteiger partial charge >= 0.3 is 0 Å². The number of hydrogen-bond acceptors (Lipinski definition) is 4. The summed E-state index contributed by atoms with van der Waals surface area (Å²) in [5, 5.41) is 0.323. The van der Waals surface area contributed by atoms with Crippen LogP contribution in [-0.2, 0) is 10.0 Å². The number of carbonyl (C=O) groups is 1. The third-order valence-electron chi connectivity index (χ3n) is 2.85. The van der Waals surface area contributed by atoms with Gasteiger partial charge in [-0.05, 0) is 42.5 Å². The summed E-state index contributed by atoms with van der Waals surface area (Å²) in [5.41, 5.74) is 2.38. The van der Waals surface area contributed by atoms with Crippen LogP contribution in [0.4, 0.5) is 0 Å². The van der Waals surface area contributed by atoms with Crippen molar-refractivity contribution in [1.29, 1.82) is 0 Å². The zero-order valence-electron chi connectivity index (χ0n) is 11.8. The highest BCUT2D eigenvalue weighted by molar-refractivity contribution is 7.89. The lowest BCUT2D eigenvalue weighted by atomic mass is 10.2. The monoisotopic (exact) mass is 374 g/mol. The second kappa shape index (κ2) is 7.18. The quantitative estimate of drug-likeness (QED) is 0.787. The van der Waals surface area contributed by atoms with Crippen LogP contribution in [0.15, 0.2) is 47.4 Å². The van der Waals surface area contributed by atoms with Crippen molar-refractivity contribution in [2.75, 3.05) is 7.11 Å². The maximum atomic E-state index is 12.1. The number of hydrazine groups is 1. The van der Waals surface area contributed by atoms with E-state index in [9.17, 15) is 13.2 Å². The first kappa shape index (κ1) is 17.6. The Hall–Kier alpha value is -1.80. The summed E-state index contributed by atoms with van der Waals surface area (Å²) in [7, 11) is -2.46. The van der Waals surface area contributed by atoms with Gasteiger partial charge in [0.2, 0.25) is 0 Å². The zero-order chi connectivity index (χ0) is 17.0. The first-order valence-corrected chi connectivity index (χ1v) is 8.48. The number of rotatable bonds is 5. The Morgan fingerprint density at radius 2 is 1.70 bits per heavy atom. The molecule has 6 nitrogen and oxygen atoms in total. The largest absolute Gasteiger partial charge is 0.497 e. The summed E-state index contributed by atoms with van der Waals surface area (Å²) in [6, 6.07) is 9.99. The summed E-state index contributed by atoms with van der Waals surface area (Å²) in [5.74, 6) is -0.0331. The van der Waals surface area contributed by atoms with E-state index in [1.54, 1.807) is 12.1 Å². The highest BCUT2D eigenvalue weighted by Crippen LogP contribution is 2.24. The van der Waals surface area contributed by atoms with Crippen molar-refractivity contribution in [1.82, 2.24) is 10.3 Å². The van der Waals surface area contributed by atoms with E-state index in [1.807, 2.05) is 4.83 Å². The maximum Gasteiger partial charge on any atom is 0.266 e. The second-order valence-electron chi connectivity index (χ2n) is 4.36. The van der Waals surface area contributed by atoms with Crippen molar-refractivity contribution in [2.45, 2.75) is 4.90 Å². The molecule has 0 bridgehead atoms. The molecule has 0 saturated heterocycles. The van der Waals surface area contributed by atoms with Gasteiger partial charge in [0, 0.05) is 5.56 Å². The average molecular weight is 375 g/mol. The lowest BCUT2D eigenvalue weighted by Crippen LogP contribution is -2.41. The molecule has 1 amide bonds. The molecule has 0 aliphatic rings. The van der Waals surface area contributed by atoms with E-state index in [-0.39, 0.29) is 20.5 Å². The van der Waals surface area contributed by atoms with Crippen LogP contribution < -0.4 is 15.0 Å².